The minimum absolute atomic E-state index is 0.117. The topological polar surface area (TPSA) is 68.8 Å². The second-order valence-electron chi connectivity index (χ2n) is 9.36. The van der Waals surface area contributed by atoms with Crippen molar-refractivity contribution in [2.75, 3.05) is 43.4 Å². The predicted molar refractivity (Wildman–Crippen MR) is 127 cm³/mol. The number of hydrogen-bond acceptors (Lipinski definition) is 4. The van der Waals surface area contributed by atoms with Gasteiger partial charge in [-0.1, -0.05) is 26.0 Å². The highest BCUT2D eigenvalue weighted by Crippen LogP contribution is 2.37. The Labute approximate surface area is 190 Å². The molecule has 4 rings (SSSR count). The van der Waals surface area contributed by atoms with Gasteiger partial charge in [-0.2, -0.15) is 0 Å². The van der Waals surface area contributed by atoms with Crippen molar-refractivity contribution in [3.63, 3.8) is 0 Å². The molecule has 0 saturated carbocycles. The molecule has 1 aromatic carbocycles. The molecule has 3 heterocycles. The maximum absolute atomic E-state index is 13.8. The lowest BCUT2D eigenvalue weighted by Crippen LogP contribution is -2.46. The summed E-state index contributed by atoms with van der Waals surface area (Å²) >= 11 is 0. The zero-order valence-electron chi connectivity index (χ0n) is 19.3. The van der Waals surface area contributed by atoms with Crippen LogP contribution in [-0.4, -0.2) is 59.9 Å². The van der Waals surface area contributed by atoms with Crippen molar-refractivity contribution in [2.24, 2.45) is 11.8 Å². The van der Waals surface area contributed by atoms with Crippen LogP contribution in [0.4, 0.5) is 22.0 Å². The molecule has 0 spiro atoms. The summed E-state index contributed by atoms with van der Waals surface area (Å²) in [7, 11) is 2.17. The number of para-hydroxylation sites is 1. The Bertz CT molecular complexity index is 976. The van der Waals surface area contributed by atoms with Crippen LogP contribution in [0.5, 0.6) is 0 Å². The Kier molecular flexibility index (Phi) is 6.74. The van der Waals surface area contributed by atoms with Crippen molar-refractivity contribution in [1.29, 1.82) is 0 Å². The van der Waals surface area contributed by atoms with Crippen molar-refractivity contribution >= 4 is 29.1 Å². The van der Waals surface area contributed by atoms with Crippen LogP contribution >= 0.6 is 0 Å². The molecular formula is C25H33N5O2. The summed E-state index contributed by atoms with van der Waals surface area (Å²) in [6.45, 7) is 8.06. The van der Waals surface area contributed by atoms with E-state index in [9.17, 15) is 9.59 Å². The largest absolute Gasteiger partial charge is 0.330 e. The number of aromatic nitrogens is 1. The summed E-state index contributed by atoms with van der Waals surface area (Å²) in [5.41, 5.74) is 1.60. The zero-order chi connectivity index (χ0) is 22.7. The number of nitrogens with one attached hydrogen (secondary N) is 1. The Morgan fingerprint density at radius 2 is 2.06 bits per heavy atom. The number of urea groups is 1. The number of likely N-dealkylation sites (tertiary alicyclic amines) is 1. The molecule has 1 N–H and O–H groups in total. The summed E-state index contributed by atoms with van der Waals surface area (Å²) in [5, 5.41) is 2.90. The van der Waals surface area contributed by atoms with Gasteiger partial charge in [0.25, 0.3) is 5.91 Å². The van der Waals surface area contributed by atoms with E-state index in [4.69, 9.17) is 0 Å². The normalized spacial score (nSPS) is 18.3. The lowest BCUT2D eigenvalue weighted by Gasteiger charge is -2.36. The van der Waals surface area contributed by atoms with Gasteiger partial charge in [-0.15, -0.1) is 0 Å². The van der Waals surface area contributed by atoms with Gasteiger partial charge in [0.1, 0.15) is 0 Å². The van der Waals surface area contributed by atoms with Crippen molar-refractivity contribution in [2.45, 2.75) is 33.1 Å². The molecule has 0 aliphatic carbocycles. The number of pyridine rings is 1. The Morgan fingerprint density at radius 1 is 1.25 bits per heavy atom. The van der Waals surface area contributed by atoms with Crippen LogP contribution in [0.25, 0.3) is 0 Å². The number of piperidine rings is 1. The van der Waals surface area contributed by atoms with E-state index in [0.717, 1.165) is 45.4 Å². The van der Waals surface area contributed by atoms with E-state index in [1.165, 1.54) is 0 Å². The molecule has 1 atom stereocenters. The summed E-state index contributed by atoms with van der Waals surface area (Å²) in [5.74, 6) is 1.37. The Morgan fingerprint density at radius 3 is 2.88 bits per heavy atom. The second kappa shape index (κ2) is 9.69. The Balaban J connectivity index is 1.56. The first-order valence-corrected chi connectivity index (χ1v) is 11.6. The molecule has 1 unspecified atom stereocenters. The van der Waals surface area contributed by atoms with Gasteiger partial charge in [-0.25, -0.2) is 14.7 Å². The molecule has 7 nitrogen and oxygen atoms in total. The van der Waals surface area contributed by atoms with E-state index in [1.807, 2.05) is 23.1 Å². The summed E-state index contributed by atoms with van der Waals surface area (Å²) in [6, 6.07) is 10.7. The molecule has 2 aliphatic heterocycles. The molecule has 0 radical (unpaired) electrons. The van der Waals surface area contributed by atoms with Crippen LogP contribution in [-0.2, 0) is 0 Å². The number of amides is 3. The number of nitrogens with zero attached hydrogens (tertiary/aromatic N) is 4. The van der Waals surface area contributed by atoms with E-state index in [0.29, 0.717) is 34.6 Å². The van der Waals surface area contributed by atoms with Gasteiger partial charge in [0.05, 0.1) is 16.9 Å². The molecule has 0 bridgehead atoms. The zero-order valence-corrected chi connectivity index (χ0v) is 19.3. The first kappa shape index (κ1) is 22.3. The van der Waals surface area contributed by atoms with Crippen molar-refractivity contribution in [3.05, 3.63) is 48.2 Å². The highest BCUT2D eigenvalue weighted by molar-refractivity contribution is 6.16. The van der Waals surface area contributed by atoms with Crippen LogP contribution in [0, 0.1) is 11.8 Å². The smallest absolute Gasteiger partial charge is 0.324 e. The first-order valence-electron chi connectivity index (χ1n) is 11.6. The molecule has 3 amide bonds. The SMILES string of the molecule is CC(C)CN(C)CCC1CCCN(C(=O)N2c3ccccc3C(=O)Nc3cccnc32)C1. The molecule has 1 aromatic heterocycles. The minimum Gasteiger partial charge on any atom is -0.324 e. The maximum Gasteiger partial charge on any atom is 0.330 e. The van der Waals surface area contributed by atoms with Gasteiger partial charge in [0, 0.05) is 25.8 Å². The molecule has 2 aromatic rings. The summed E-state index contributed by atoms with van der Waals surface area (Å²) in [6.07, 6.45) is 4.87. The van der Waals surface area contributed by atoms with Crippen LogP contribution in [0.2, 0.25) is 0 Å². The first-order chi connectivity index (χ1) is 15.4. The fourth-order valence-corrected chi connectivity index (χ4v) is 4.76. The molecule has 7 heteroatoms. The van der Waals surface area contributed by atoms with Crippen LogP contribution in [0.15, 0.2) is 42.6 Å². The molecule has 1 saturated heterocycles. The number of carbonyl (C=O) groups excluding carboxylic acids is 2. The highest BCUT2D eigenvalue weighted by Gasteiger charge is 2.34. The third-order valence-electron chi connectivity index (χ3n) is 6.21. The van der Waals surface area contributed by atoms with E-state index in [2.05, 4.69) is 36.1 Å². The fraction of sp³-hybridized carbons (Fsp3) is 0.480. The van der Waals surface area contributed by atoms with Crippen LogP contribution < -0.4 is 10.2 Å². The van der Waals surface area contributed by atoms with Gasteiger partial charge in [-0.05, 0) is 69.0 Å². The third-order valence-corrected chi connectivity index (χ3v) is 6.21. The van der Waals surface area contributed by atoms with Crippen molar-refractivity contribution < 1.29 is 9.59 Å². The minimum atomic E-state index is -0.227. The number of hydrogen-bond donors (Lipinski definition) is 1. The molecule has 32 heavy (non-hydrogen) atoms. The second-order valence-corrected chi connectivity index (χ2v) is 9.36. The monoisotopic (exact) mass is 435 g/mol. The average Bonchev–Trinajstić information content (AvgIpc) is 2.91. The lowest BCUT2D eigenvalue weighted by molar-refractivity contribution is 0.102. The third kappa shape index (κ3) is 4.78. The molecular weight excluding hydrogens is 402 g/mol. The predicted octanol–water partition coefficient (Wildman–Crippen LogP) is 4.60. The fourth-order valence-electron chi connectivity index (χ4n) is 4.76. The standard InChI is InChI=1S/C25H33N5O2/c1-18(2)16-28(3)15-12-19-8-7-14-29(17-19)25(32)30-22-11-5-4-9-20(22)24(31)27-21-10-6-13-26-23(21)30/h4-6,9-11,13,18-19H,7-8,12,14-17H2,1-3H3,(H,27,31). The number of rotatable bonds is 5. The lowest BCUT2D eigenvalue weighted by atomic mass is 9.94. The average molecular weight is 436 g/mol. The van der Waals surface area contributed by atoms with Gasteiger partial charge < -0.3 is 15.1 Å². The number of carbonyl (C=O) groups is 2. The Hall–Kier alpha value is -2.93. The quantitative estimate of drug-likeness (QED) is 0.746. The summed E-state index contributed by atoms with van der Waals surface area (Å²) in [4.78, 5) is 37.0. The number of benzene rings is 1. The van der Waals surface area contributed by atoms with E-state index < -0.39 is 0 Å². The highest BCUT2D eigenvalue weighted by atomic mass is 16.2. The number of fused-ring (bicyclic) bond motifs is 2. The van der Waals surface area contributed by atoms with Crippen molar-refractivity contribution in [1.82, 2.24) is 14.8 Å². The molecule has 170 valence electrons. The molecule has 2 aliphatic rings. The summed E-state index contributed by atoms with van der Waals surface area (Å²) < 4.78 is 0. The molecule has 1 fully saturated rings. The van der Waals surface area contributed by atoms with Gasteiger partial charge in [0.15, 0.2) is 5.82 Å². The number of anilines is 3. The van der Waals surface area contributed by atoms with E-state index in [1.54, 1.807) is 29.3 Å². The van der Waals surface area contributed by atoms with Gasteiger partial charge in [0.2, 0.25) is 0 Å². The maximum atomic E-state index is 13.8. The van der Waals surface area contributed by atoms with Crippen LogP contribution in [0.1, 0.15) is 43.5 Å². The van der Waals surface area contributed by atoms with E-state index in [-0.39, 0.29) is 11.9 Å². The van der Waals surface area contributed by atoms with Gasteiger partial charge >= 0.3 is 6.03 Å². The van der Waals surface area contributed by atoms with Gasteiger partial charge in [-0.3, -0.25) is 4.79 Å². The van der Waals surface area contributed by atoms with E-state index >= 15 is 0 Å². The van der Waals surface area contributed by atoms with Crippen molar-refractivity contribution in [3.8, 4) is 0 Å². The van der Waals surface area contributed by atoms with Crippen LogP contribution in [0.3, 0.4) is 0 Å².